The SMILES string of the molecule is CC(C)(C)c1ccc(CCCCC(=O)N2CCC(NCC3CC3)CC2)cc1.Cl. The molecule has 1 aliphatic heterocycles. The highest BCUT2D eigenvalue weighted by Crippen LogP contribution is 2.28. The monoisotopic (exact) mass is 406 g/mol. The van der Waals surface area contributed by atoms with Gasteiger partial charge in [-0.15, -0.1) is 12.4 Å². The number of amides is 1. The van der Waals surface area contributed by atoms with Crippen LogP contribution in [0.25, 0.3) is 0 Å². The van der Waals surface area contributed by atoms with E-state index in [1.807, 2.05) is 0 Å². The zero-order chi connectivity index (χ0) is 19.3. The maximum Gasteiger partial charge on any atom is 0.222 e. The number of nitrogens with zero attached hydrogens (tertiary/aromatic N) is 1. The zero-order valence-corrected chi connectivity index (χ0v) is 18.8. The number of carbonyl (C=O) groups is 1. The summed E-state index contributed by atoms with van der Waals surface area (Å²) in [6.07, 6.45) is 8.94. The van der Waals surface area contributed by atoms with E-state index in [-0.39, 0.29) is 17.8 Å². The van der Waals surface area contributed by atoms with Gasteiger partial charge in [-0.2, -0.15) is 0 Å². The molecule has 1 saturated carbocycles. The number of aryl methyl sites for hydroxylation is 1. The normalized spacial score (nSPS) is 18.0. The Morgan fingerprint density at radius 3 is 2.25 bits per heavy atom. The molecule has 28 heavy (non-hydrogen) atoms. The third kappa shape index (κ3) is 7.40. The fraction of sp³-hybridized carbons (Fsp3) is 0.708. The Bertz CT molecular complexity index is 596. The molecular formula is C24H39ClN2O. The Hall–Kier alpha value is -1.06. The van der Waals surface area contributed by atoms with Crippen LogP contribution < -0.4 is 5.32 Å². The van der Waals surface area contributed by atoms with Crippen LogP contribution in [0, 0.1) is 5.92 Å². The maximum atomic E-state index is 12.5. The van der Waals surface area contributed by atoms with E-state index in [9.17, 15) is 4.79 Å². The standard InChI is InChI=1S/C24H38N2O.ClH/c1-24(2,3)21-12-10-19(11-13-21)6-4-5-7-23(27)26-16-14-22(15-17-26)25-18-20-8-9-20;/h10-13,20,22,25H,4-9,14-18H2,1-3H3;1H. The van der Waals surface area contributed by atoms with Gasteiger partial charge in [0.15, 0.2) is 0 Å². The quantitative estimate of drug-likeness (QED) is 0.608. The number of benzene rings is 1. The smallest absolute Gasteiger partial charge is 0.222 e. The predicted octanol–water partition coefficient (Wildman–Crippen LogP) is 5.11. The zero-order valence-electron chi connectivity index (χ0n) is 18.0. The van der Waals surface area contributed by atoms with Gasteiger partial charge < -0.3 is 10.2 Å². The molecule has 2 aliphatic rings. The van der Waals surface area contributed by atoms with Gasteiger partial charge in [-0.25, -0.2) is 0 Å². The van der Waals surface area contributed by atoms with E-state index in [1.54, 1.807) is 0 Å². The van der Waals surface area contributed by atoms with Crippen molar-refractivity contribution >= 4 is 18.3 Å². The van der Waals surface area contributed by atoms with Gasteiger partial charge in [0, 0.05) is 25.6 Å². The molecule has 3 nitrogen and oxygen atoms in total. The molecule has 3 rings (SSSR count). The van der Waals surface area contributed by atoms with Crippen LogP contribution >= 0.6 is 12.4 Å². The minimum atomic E-state index is 0. The Kier molecular flexibility index (Phi) is 8.82. The summed E-state index contributed by atoms with van der Waals surface area (Å²) >= 11 is 0. The van der Waals surface area contributed by atoms with Gasteiger partial charge in [0.2, 0.25) is 5.91 Å². The van der Waals surface area contributed by atoms with Gasteiger partial charge in [0.05, 0.1) is 0 Å². The van der Waals surface area contributed by atoms with Crippen molar-refractivity contribution in [2.45, 2.75) is 83.6 Å². The summed E-state index contributed by atoms with van der Waals surface area (Å²) in [4.78, 5) is 14.5. The highest BCUT2D eigenvalue weighted by molar-refractivity contribution is 5.85. The lowest BCUT2D eigenvalue weighted by atomic mass is 9.86. The van der Waals surface area contributed by atoms with Crippen LogP contribution in [0.2, 0.25) is 0 Å². The van der Waals surface area contributed by atoms with Crippen molar-refractivity contribution in [2.24, 2.45) is 5.92 Å². The summed E-state index contributed by atoms with van der Waals surface area (Å²) in [5.41, 5.74) is 2.99. The van der Waals surface area contributed by atoms with E-state index in [0.29, 0.717) is 18.4 Å². The molecule has 1 heterocycles. The highest BCUT2D eigenvalue weighted by Gasteiger charge is 2.25. The van der Waals surface area contributed by atoms with Gasteiger partial charge in [0.25, 0.3) is 0 Å². The molecule has 158 valence electrons. The number of nitrogens with one attached hydrogen (secondary N) is 1. The number of likely N-dealkylation sites (tertiary alicyclic amines) is 1. The Labute approximate surface area is 178 Å². The van der Waals surface area contributed by atoms with E-state index in [1.165, 1.54) is 30.5 Å². The van der Waals surface area contributed by atoms with Crippen molar-refractivity contribution < 1.29 is 4.79 Å². The molecule has 0 atom stereocenters. The van der Waals surface area contributed by atoms with Crippen LogP contribution in [-0.2, 0) is 16.6 Å². The van der Waals surface area contributed by atoms with Gasteiger partial charge in [-0.1, -0.05) is 45.0 Å². The fourth-order valence-corrected chi connectivity index (χ4v) is 3.92. The molecule has 0 spiro atoms. The first-order valence-corrected chi connectivity index (χ1v) is 11.0. The largest absolute Gasteiger partial charge is 0.343 e. The van der Waals surface area contributed by atoms with Gasteiger partial charge in [-0.05, 0) is 74.0 Å². The van der Waals surface area contributed by atoms with Crippen LogP contribution in [0.3, 0.4) is 0 Å². The second-order valence-electron chi connectivity index (χ2n) is 9.66. The number of hydrogen-bond acceptors (Lipinski definition) is 2. The molecule has 0 unspecified atom stereocenters. The van der Waals surface area contributed by atoms with Gasteiger partial charge in [-0.3, -0.25) is 4.79 Å². The van der Waals surface area contributed by atoms with Crippen molar-refractivity contribution in [1.29, 1.82) is 0 Å². The Balaban J connectivity index is 0.00000280. The number of piperidine rings is 1. The third-order valence-electron chi connectivity index (χ3n) is 6.17. The summed E-state index contributed by atoms with van der Waals surface area (Å²) in [6.45, 7) is 9.82. The fourth-order valence-electron chi connectivity index (χ4n) is 3.92. The summed E-state index contributed by atoms with van der Waals surface area (Å²) in [7, 11) is 0. The predicted molar refractivity (Wildman–Crippen MR) is 120 cm³/mol. The van der Waals surface area contributed by atoms with Crippen molar-refractivity contribution in [3.63, 3.8) is 0 Å². The van der Waals surface area contributed by atoms with Crippen LogP contribution in [-0.4, -0.2) is 36.5 Å². The number of halogens is 1. The lowest BCUT2D eigenvalue weighted by Gasteiger charge is -2.32. The average molecular weight is 407 g/mol. The van der Waals surface area contributed by atoms with E-state index >= 15 is 0 Å². The topological polar surface area (TPSA) is 32.3 Å². The number of hydrogen-bond donors (Lipinski definition) is 1. The van der Waals surface area contributed by atoms with Crippen LogP contribution in [0.1, 0.15) is 76.8 Å². The number of carbonyl (C=O) groups excluding carboxylic acids is 1. The van der Waals surface area contributed by atoms with Crippen LogP contribution in [0.5, 0.6) is 0 Å². The van der Waals surface area contributed by atoms with E-state index < -0.39 is 0 Å². The molecule has 0 radical (unpaired) electrons. The lowest BCUT2D eigenvalue weighted by Crippen LogP contribution is -2.45. The van der Waals surface area contributed by atoms with E-state index in [2.05, 4.69) is 55.3 Å². The second kappa shape index (κ2) is 10.6. The summed E-state index contributed by atoms with van der Waals surface area (Å²) in [5.74, 6) is 1.30. The minimum Gasteiger partial charge on any atom is -0.343 e. The first-order valence-electron chi connectivity index (χ1n) is 11.0. The first kappa shape index (κ1) is 23.2. The first-order chi connectivity index (χ1) is 12.9. The molecule has 1 N–H and O–H groups in total. The van der Waals surface area contributed by atoms with Crippen LogP contribution in [0.4, 0.5) is 0 Å². The summed E-state index contributed by atoms with van der Waals surface area (Å²) in [5, 5.41) is 3.69. The molecule has 1 aromatic rings. The molecule has 1 saturated heterocycles. The van der Waals surface area contributed by atoms with Crippen molar-refractivity contribution in [3.05, 3.63) is 35.4 Å². The minimum absolute atomic E-state index is 0. The summed E-state index contributed by atoms with van der Waals surface area (Å²) < 4.78 is 0. The highest BCUT2D eigenvalue weighted by atomic mass is 35.5. The maximum absolute atomic E-state index is 12.5. The second-order valence-corrected chi connectivity index (χ2v) is 9.66. The van der Waals surface area contributed by atoms with E-state index in [4.69, 9.17) is 0 Å². The van der Waals surface area contributed by atoms with Crippen molar-refractivity contribution in [1.82, 2.24) is 10.2 Å². The van der Waals surface area contributed by atoms with E-state index in [0.717, 1.165) is 51.1 Å². The van der Waals surface area contributed by atoms with Gasteiger partial charge >= 0.3 is 0 Å². The molecule has 4 heteroatoms. The summed E-state index contributed by atoms with van der Waals surface area (Å²) in [6, 6.07) is 9.64. The average Bonchev–Trinajstić information content (AvgIpc) is 3.48. The van der Waals surface area contributed by atoms with Crippen molar-refractivity contribution in [2.75, 3.05) is 19.6 Å². The molecular weight excluding hydrogens is 368 g/mol. The van der Waals surface area contributed by atoms with Crippen LogP contribution in [0.15, 0.2) is 24.3 Å². The lowest BCUT2D eigenvalue weighted by molar-refractivity contribution is -0.132. The van der Waals surface area contributed by atoms with Gasteiger partial charge in [0.1, 0.15) is 0 Å². The Morgan fingerprint density at radius 1 is 1.04 bits per heavy atom. The molecule has 0 aromatic heterocycles. The number of rotatable bonds is 8. The van der Waals surface area contributed by atoms with Crippen molar-refractivity contribution in [3.8, 4) is 0 Å². The number of unbranched alkanes of at least 4 members (excludes halogenated alkanes) is 1. The molecule has 1 aromatic carbocycles. The molecule has 2 fully saturated rings. The Morgan fingerprint density at radius 2 is 1.68 bits per heavy atom. The molecule has 0 bridgehead atoms. The molecule has 1 amide bonds. The molecule has 1 aliphatic carbocycles. The third-order valence-corrected chi connectivity index (χ3v) is 6.17.